The summed E-state index contributed by atoms with van der Waals surface area (Å²) in [6.45, 7) is 11.3. The Hall–Kier alpha value is -1.86. The second kappa shape index (κ2) is 6.84. The first-order valence-electron chi connectivity index (χ1n) is 9.77. The first-order chi connectivity index (χ1) is 13.6. The number of thioether (sulfide) groups is 1. The maximum absolute atomic E-state index is 12.5. The van der Waals surface area contributed by atoms with E-state index in [1.54, 1.807) is 0 Å². The summed E-state index contributed by atoms with van der Waals surface area (Å²) in [6, 6.07) is 17.2. The van der Waals surface area contributed by atoms with E-state index in [1.165, 1.54) is 0 Å². The molecule has 0 aliphatic carbocycles. The molecule has 0 saturated carbocycles. The van der Waals surface area contributed by atoms with Crippen molar-refractivity contribution in [1.82, 2.24) is 0 Å². The van der Waals surface area contributed by atoms with Crippen LogP contribution in [0.4, 0.5) is 10.5 Å². The number of carbonyl (C=O) groups excluding carboxylic acids is 1. The zero-order valence-electron chi connectivity index (χ0n) is 17.4. The maximum atomic E-state index is 12.5. The Labute approximate surface area is 176 Å². The number of benzene rings is 2. The van der Waals surface area contributed by atoms with E-state index in [0.717, 1.165) is 27.9 Å². The molecule has 29 heavy (non-hydrogen) atoms. The van der Waals surface area contributed by atoms with Gasteiger partial charge in [0.05, 0.1) is 6.61 Å². The van der Waals surface area contributed by atoms with Gasteiger partial charge >= 0.3 is 0 Å². The molecule has 154 valence electrons. The van der Waals surface area contributed by atoms with Gasteiger partial charge in [-0.3, -0.25) is 4.79 Å². The van der Waals surface area contributed by atoms with Crippen molar-refractivity contribution in [3.05, 3.63) is 60.2 Å². The van der Waals surface area contributed by atoms with Gasteiger partial charge in [0, 0.05) is 27.0 Å². The maximum Gasteiger partial charge on any atom is 0.288 e. The van der Waals surface area contributed by atoms with Crippen LogP contribution >= 0.6 is 11.8 Å². The van der Waals surface area contributed by atoms with E-state index in [9.17, 15) is 4.79 Å². The Morgan fingerprint density at radius 3 is 2.38 bits per heavy atom. The van der Waals surface area contributed by atoms with Crippen molar-refractivity contribution in [2.45, 2.75) is 50.9 Å². The quantitative estimate of drug-likeness (QED) is 0.496. The largest absolute Gasteiger partial charge is 0.341 e. The summed E-state index contributed by atoms with van der Waals surface area (Å²) >= 11 is 1.14. The van der Waals surface area contributed by atoms with Crippen LogP contribution in [0.5, 0.6) is 0 Å². The minimum Gasteiger partial charge on any atom is -0.341 e. The van der Waals surface area contributed by atoms with Crippen LogP contribution in [-0.4, -0.2) is 17.4 Å². The van der Waals surface area contributed by atoms with Gasteiger partial charge in [-0.15, -0.1) is 0 Å². The van der Waals surface area contributed by atoms with E-state index in [-0.39, 0.29) is 16.1 Å². The molecule has 2 heterocycles. The number of carbonyl (C=O) groups is 1. The van der Waals surface area contributed by atoms with Crippen LogP contribution in [0.25, 0.3) is 0 Å². The number of hydrogen-bond donors (Lipinski definition) is 1. The summed E-state index contributed by atoms with van der Waals surface area (Å²) < 4.78 is 6.27. The van der Waals surface area contributed by atoms with Gasteiger partial charge in [-0.25, -0.2) is 4.89 Å². The summed E-state index contributed by atoms with van der Waals surface area (Å²) in [6.07, 6.45) is 0. The second-order valence-electron chi connectivity index (χ2n) is 9.30. The molecular weight excluding hydrogens is 386 g/mol. The molecule has 2 aromatic carbocycles. The van der Waals surface area contributed by atoms with Gasteiger partial charge < -0.3 is 10.1 Å². The van der Waals surface area contributed by atoms with Crippen molar-refractivity contribution >= 4 is 22.7 Å². The minimum absolute atomic E-state index is 0.147. The van der Waals surface area contributed by atoms with E-state index >= 15 is 0 Å². The average molecular weight is 414 g/mol. The van der Waals surface area contributed by atoms with Gasteiger partial charge in [0.1, 0.15) is 0 Å². The molecule has 0 aromatic heterocycles. The summed E-state index contributed by atoms with van der Waals surface area (Å²) in [5.74, 6) is -0.985. The number of rotatable bonds is 3. The van der Waals surface area contributed by atoms with Crippen LogP contribution in [0.1, 0.15) is 40.2 Å². The second-order valence-corrected chi connectivity index (χ2v) is 10.3. The zero-order chi connectivity index (χ0) is 20.9. The van der Waals surface area contributed by atoms with Gasteiger partial charge in [-0.1, -0.05) is 65.0 Å². The molecule has 1 amide bonds. The predicted octanol–water partition coefficient (Wildman–Crippen LogP) is 5.97. The molecule has 0 bridgehead atoms. The number of fused-ring (bicyclic) bond motifs is 1. The lowest BCUT2D eigenvalue weighted by molar-refractivity contribution is -0.626. The van der Waals surface area contributed by atoms with E-state index < -0.39 is 11.4 Å². The van der Waals surface area contributed by atoms with Crippen molar-refractivity contribution in [3.8, 4) is 0 Å². The number of para-hydroxylation sites is 1. The monoisotopic (exact) mass is 413 g/mol. The highest BCUT2D eigenvalue weighted by Crippen LogP contribution is 2.69. The minimum atomic E-state index is -0.985. The lowest BCUT2D eigenvalue weighted by Gasteiger charge is -2.61. The molecule has 2 fully saturated rings. The Bertz CT molecular complexity index is 924. The van der Waals surface area contributed by atoms with Crippen molar-refractivity contribution in [2.24, 2.45) is 10.8 Å². The molecule has 0 spiro atoms. The molecule has 6 heteroatoms. The topological polar surface area (TPSA) is 56.8 Å². The molecule has 2 saturated heterocycles. The molecule has 2 unspecified atom stereocenters. The fraction of sp³-hybridized carbons (Fsp3) is 0.435. The van der Waals surface area contributed by atoms with Crippen LogP contribution in [0.3, 0.4) is 0 Å². The normalized spacial score (nSPS) is 27.8. The number of hydrogen-bond acceptors (Lipinski definition) is 5. The molecule has 4 rings (SSSR count). The number of nitrogens with one attached hydrogen (secondary N) is 1. The first-order valence-corrected chi connectivity index (χ1v) is 10.6. The number of ether oxygens (including phenoxy) is 1. The van der Waals surface area contributed by atoms with Crippen LogP contribution < -0.4 is 5.32 Å². The molecule has 0 radical (unpaired) electrons. The third kappa shape index (κ3) is 3.01. The van der Waals surface area contributed by atoms with Crippen LogP contribution in [0.15, 0.2) is 59.5 Å². The van der Waals surface area contributed by atoms with Gasteiger partial charge in [-0.05, 0) is 36.0 Å². The highest BCUT2D eigenvalue weighted by atomic mass is 32.2. The SMILES string of the molecule is CC(C)(C)C12OOC1(c1cccc(SC(=O)Nc3ccccc3)c1)OCC2(C)C. The van der Waals surface area contributed by atoms with Crippen molar-refractivity contribution < 1.29 is 19.3 Å². The molecule has 5 nitrogen and oxygen atoms in total. The third-order valence-corrected chi connectivity index (χ3v) is 6.61. The van der Waals surface area contributed by atoms with Crippen LogP contribution in [0, 0.1) is 10.8 Å². The Morgan fingerprint density at radius 2 is 1.76 bits per heavy atom. The van der Waals surface area contributed by atoms with Gasteiger partial charge in [-0.2, -0.15) is 4.89 Å². The summed E-state index contributed by atoms with van der Waals surface area (Å²) in [5.41, 5.74) is 0.531. The van der Waals surface area contributed by atoms with E-state index in [0.29, 0.717) is 6.61 Å². The molecule has 2 aliphatic rings. The summed E-state index contributed by atoms with van der Waals surface area (Å²) in [5, 5.41) is 2.75. The van der Waals surface area contributed by atoms with Gasteiger partial charge in [0.15, 0.2) is 5.60 Å². The molecular formula is C23H27NO4S. The Morgan fingerprint density at radius 1 is 1.03 bits per heavy atom. The molecule has 2 atom stereocenters. The zero-order valence-corrected chi connectivity index (χ0v) is 18.3. The fourth-order valence-corrected chi connectivity index (χ4v) is 5.49. The highest BCUT2D eigenvalue weighted by Gasteiger charge is 2.81. The van der Waals surface area contributed by atoms with Crippen molar-refractivity contribution in [3.63, 3.8) is 0 Å². The van der Waals surface area contributed by atoms with Crippen LogP contribution in [0.2, 0.25) is 0 Å². The Kier molecular flexibility index (Phi) is 4.82. The first kappa shape index (κ1) is 20.4. The van der Waals surface area contributed by atoms with Gasteiger partial charge in [0.25, 0.3) is 11.0 Å². The molecule has 2 aliphatic heterocycles. The Balaban J connectivity index is 1.61. The van der Waals surface area contributed by atoms with E-state index in [2.05, 4.69) is 39.9 Å². The van der Waals surface area contributed by atoms with E-state index in [4.69, 9.17) is 14.5 Å². The van der Waals surface area contributed by atoms with Crippen LogP contribution in [-0.2, 0) is 20.3 Å². The van der Waals surface area contributed by atoms with Crippen molar-refractivity contribution in [2.75, 3.05) is 11.9 Å². The van der Waals surface area contributed by atoms with Gasteiger partial charge in [0.2, 0.25) is 0 Å². The summed E-state index contributed by atoms with van der Waals surface area (Å²) in [7, 11) is 0. The highest BCUT2D eigenvalue weighted by molar-refractivity contribution is 8.13. The lowest BCUT2D eigenvalue weighted by Crippen LogP contribution is -2.73. The summed E-state index contributed by atoms with van der Waals surface area (Å²) in [4.78, 5) is 24.9. The third-order valence-electron chi connectivity index (χ3n) is 5.84. The standard InChI is InChI=1S/C23H27NO4S/c1-20(2,3)23-21(4,5)15-26-22(23,27-28-23)16-10-9-13-18(14-16)29-19(25)24-17-11-7-6-8-12-17/h6-14H,15H2,1-5H3,(H,24,25). The lowest BCUT2D eigenvalue weighted by atomic mass is 9.57. The number of amides is 1. The molecule has 2 aromatic rings. The number of anilines is 1. The van der Waals surface area contributed by atoms with E-state index in [1.807, 2.05) is 54.6 Å². The smallest absolute Gasteiger partial charge is 0.288 e. The molecule has 1 N–H and O–H groups in total. The average Bonchev–Trinajstić information content (AvgIpc) is 2.77. The fourth-order valence-electron chi connectivity index (χ4n) is 4.77. The van der Waals surface area contributed by atoms with Crippen molar-refractivity contribution in [1.29, 1.82) is 0 Å². The predicted molar refractivity (Wildman–Crippen MR) is 114 cm³/mol.